The van der Waals surface area contributed by atoms with E-state index in [2.05, 4.69) is 15.4 Å². The van der Waals surface area contributed by atoms with E-state index in [0.29, 0.717) is 18.9 Å². The van der Waals surface area contributed by atoms with Crippen LogP contribution >= 0.6 is 0 Å². The van der Waals surface area contributed by atoms with E-state index in [-0.39, 0.29) is 30.3 Å². The minimum Gasteiger partial charge on any atom is -0.444 e. The second kappa shape index (κ2) is 11.0. The fourth-order valence-electron chi connectivity index (χ4n) is 2.02. The summed E-state index contributed by atoms with van der Waals surface area (Å²) in [5, 5.41) is 5.10. The molecule has 0 aliphatic heterocycles. The van der Waals surface area contributed by atoms with Gasteiger partial charge >= 0.3 is 6.09 Å². The number of benzene rings is 1. The highest BCUT2D eigenvalue weighted by Crippen LogP contribution is 2.15. The quantitative estimate of drug-likeness (QED) is 0.501. The zero-order chi connectivity index (χ0) is 21.2. The largest absolute Gasteiger partial charge is 0.444 e. The molecule has 0 unspecified atom stereocenters. The summed E-state index contributed by atoms with van der Waals surface area (Å²) in [5.74, 6) is -0.266. The van der Waals surface area contributed by atoms with E-state index < -0.39 is 21.7 Å². The Morgan fingerprint density at radius 2 is 1.86 bits per heavy atom. The van der Waals surface area contributed by atoms with Crippen LogP contribution in [0.3, 0.4) is 0 Å². The lowest BCUT2D eigenvalue weighted by molar-refractivity contribution is -0.117. The van der Waals surface area contributed by atoms with Crippen molar-refractivity contribution in [1.29, 1.82) is 0 Å². The first-order chi connectivity index (χ1) is 13.0. The minimum absolute atomic E-state index is 0.00683. The lowest BCUT2D eigenvalue weighted by Crippen LogP contribution is -2.37. The number of alkyl carbamates (subject to hydrolysis) is 1. The maximum atomic E-state index is 12.4. The van der Waals surface area contributed by atoms with Crippen molar-refractivity contribution < 1.29 is 27.5 Å². The smallest absolute Gasteiger partial charge is 0.407 e. The number of rotatable bonds is 10. The zero-order valence-corrected chi connectivity index (χ0v) is 17.5. The second-order valence-electron chi connectivity index (χ2n) is 6.85. The molecule has 2 amide bonds. The van der Waals surface area contributed by atoms with Crippen LogP contribution in [0.15, 0.2) is 29.2 Å². The molecule has 28 heavy (non-hydrogen) atoms. The van der Waals surface area contributed by atoms with Crippen molar-refractivity contribution in [1.82, 2.24) is 10.0 Å². The highest BCUT2D eigenvalue weighted by atomic mass is 32.2. The SMILES string of the molecule is CCOCCC(=O)Nc1cccc(S(=O)(=O)NCCNC(=O)OC(C)(C)C)c1. The summed E-state index contributed by atoms with van der Waals surface area (Å²) in [6.45, 7) is 7.92. The molecule has 0 heterocycles. The molecule has 10 heteroatoms. The number of carbonyl (C=O) groups excluding carboxylic acids is 2. The molecule has 1 rings (SSSR count). The standard InChI is InChI=1S/C18H29N3O6S/c1-5-26-12-9-16(22)21-14-7-6-8-15(13-14)28(24,25)20-11-10-19-17(23)27-18(2,3)4/h6-8,13,20H,5,9-12H2,1-4H3,(H,19,23)(H,21,22). The van der Waals surface area contributed by atoms with Crippen LogP contribution < -0.4 is 15.4 Å². The van der Waals surface area contributed by atoms with Crippen molar-refractivity contribution in [2.24, 2.45) is 0 Å². The number of nitrogens with one attached hydrogen (secondary N) is 3. The summed E-state index contributed by atoms with van der Waals surface area (Å²) < 4.78 is 37.3. The lowest BCUT2D eigenvalue weighted by Gasteiger charge is -2.19. The zero-order valence-electron chi connectivity index (χ0n) is 16.7. The van der Waals surface area contributed by atoms with Crippen LogP contribution in [0.1, 0.15) is 34.1 Å². The normalized spacial score (nSPS) is 11.7. The van der Waals surface area contributed by atoms with Crippen LogP contribution in [-0.4, -0.2) is 52.3 Å². The molecule has 0 aliphatic carbocycles. The average Bonchev–Trinajstić information content (AvgIpc) is 2.58. The molecule has 1 aromatic rings. The first kappa shape index (κ1) is 23.9. The Labute approximate surface area is 166 Å². The fourth-order valence-corrected chi connectivity index (χ4v) is 3.10. The van der Waals surface area contributed by atoms with Crippen LogP contribution in [0.5, 0.6) is 0 Å². The van der Waals surface area contributed by atoms with E-state index in [1.165, 1.54) is 18.2 Å². The van der Waals surface area contributed by atoms with Gasteiger partial charge in [0.05, 0.1) is 17.9 Å². The molecule has 0 bridgehead atoms. The average molecular weight is 416 g/mol. The summed E-state index contributed by atoms with van der Waals surface area (Å²) >= 11 is 0. The van der Waals surface area contributed by atoms with Crippen LogP contribution in [0, 0.1) is 0 Å². The summed E-state index contributed by atoms with van der Waals surface area (Å²) in [6.07, 6.45) is -0.442. The number of carbonyl (C=O) groups is 2. The van der Waals surface area contributed by atoms with Crippen LogP contribution in [0.4, 0.5) is 10.5 Å². The molecular formula is C18H29N3O6S. The Morgan fingerprint density at radius 1 is 1.14 bits per heavy atom. The van der Waals surface area contributed by atoms with Gasteiger partial charge in [0.1, 0.15) is 5.60 Å². The first-order valence-electron chi connectivity index (χ1n) is 8.97. The Balaban J connectivity index is 2.54. The van der Waals surface area contributed by atoms with Crippen molar-refractivity contribution in [2.45, 2.75) is 44.6 Å². The van der Waals surface area contributed by atoms with Gasteiger partial charge in [-0.2, -0.15) is 0 Å². The number of amides is 2. The Hall–Kier alpha value is -2.17. The van der Waals surface area contributed by atoms with Gasteiger partial charge in [-0.15, -0.1) is 0 Å². The third kappa shape index (κ3) is 9.67. The molecule has 0 aliphatic rings. The topological polar surface area (TPSA) is 123 Å². The van der Waals surface area contributed by atoms with Crippen LogP contribution in [0.2, 0.25) is 0 Å². The molecule has 3 N–H and O–H groups in total. The molecular weight excluding hydrogens is 386 g/mol. The number of ether oxygens (including phenoxy) is 2. The lowest BCUT2D eigenvalue weighted by atomic mass is 10.2. The van der Waals surface area contributed by atoms with Gasteiger partial charge in [0.2, 0.25) is 15.9 Å². The van der Waals surface area contributed by atoms with Gasteiger partial charge in [0.25, 0.3) is 0 Å². The molecule has 0 saturated heterocycles. The third-order valence-electron chi connectivity index (χ3n) is 3.19. The summed E-state index contributed by atoms with van der Waals surface area (Å²) in [4.78, 5) is 23.4. The Kier molecular flexibility index (Phi) is 9.36. The van der Waals surface area contributed by atoms with E-state index in [1.807, 2.05) is 6.92 Å². The minimum atomic E-state index is -3.79. The monoisotopic (exact) mass is 415 g/mol. The number of sulfonamides is 1. The number of anilines is 1. The highest BCUT2D eigenvalue weighted by molar-refractivity contribution is 7.89. The predicted molar refractivity (Wildman–Crippen MR) is 106 cm³/mol. The third-order valence-corrected chi connectivity index (χ3v) is 4.65. The number of hydrogen-bond acceptors (Lipinski definition) is 6. The molecule has 0 fully saturated rings. The molecule has 0 saturated carbocycles. The predicted octanol–water partition coefficient (Wildman–Crippen LogP) is 1.85. The van der Waals surface area contributed by atoms with Crippen molar-refractivity contribution in [3.63, 3.8) is 0 Å². The van der Waals surface area contributed by atoms with E-state index >= 15 is 0 Å². The highest BCUT2D eigenvalue weighted by Gasteiger charge is 2.17. The van der Waals surface area contributed by atoms with Crippen molar-refractivity contribution in [2.75, 3.05) is 31.6 Å². The van der Waals surface area contributed by atoms with Gasteiger partial charge < -0.3 is 20.1 Å². The molecule has 1 aromatic carbocycles. The molecule has 0 aromatic heterocycles. The number of hydrogen-bond donors (Lipinski definition) is 3. The van der Waals surface area contributed by atoms with Gasteiger partial charge in [-0.1, -0.05) is 6.07 Å². The molecule has 0 spiro atoms. The van der Waals surface area contributed by atoms with Crippen LogP contribution in [-0.2, 0) is 24.3 Å². The molecule has 0 radical (unpaired) electrons. The van der Waals surface area contributed by atoms with Gasteiger partial charge in [-0.05, 0) is 45.9 Å². The van der Waals surface area contributed by atoms with E-state index in [9.17, 15) is 18.0 Å². The summed E-state index contributed by atoms with van der Waals surface area (Å²) in [7, 11) is -3.79. The van der Waals surface area contributed by atoms with Crippen molar-refractivity contribution in [3.8, 4) is 0 Å². The van der Waals surface area contributed by atoms with Crippen molar-refractivity contribution >= 4 is 27.7 Å². The Morgan fingerprint density at radius 3 is 2.50 bits per heavy atom. The van der Waals surface area contributed by atoms with Gasteiger partial charge in [0.15, 0.2) is 0 Å². The molecule has 0 atom stereocenters. The fraction of sp³-hybridized carbons (Fsp3) is 0.556. The first-order valence-corrected chi connectivity index (χ1v) is 10.5. The summed E-state index contributed by atoms with van der Waals surface area (Å²) in [6, 6.07) is 5.91. The maximum Gasteiger partial charge on any atom is 0.407 e. The summed E-state index contributed by atoms with van der Waals surface area (Å²) in [5.41, 5.74) is -0.256. The van der Waals surface area contributed by atoms with Gasteiger partial charge in [0, 0.05) is 25.4 Å². The van der Waals surface area contributed by atoms with E-state index in [4.69, 9.17) is 9.47 Å². The van der Waals surface area contributed by atoms with E-state index in [0.717, 1.165) is 0 Å². The van der Waals surface area contributed by atoms with Crippen molar-refractivity contribution in [3.05, 3.63) is 24.3 Å². The maximum absolute atomic E-state index is 12.4. The molecule has 9 nitrogen and oxygen atoms in total. The molecule has 158 valence electrons. The Bertz CT molecular complexity index is 759. The van der Waals surface area contributed by atoms with E-state index in [1.54, 1.807) is 26.8 Å². The second-order valence-corrected chi connectivity index (χ2v) is 8.62. The van der Waals surface area contributed by atoms with Crippen LogP contribution in [0.25, 0.3) is 0 Å². The van der Waals surface area contributed by atoms with Gasteiger partial charge in [-0.25, -0.2) is 17.9 Å². The van der Waals surface area contributed by atoms with Gasteiger partial charge in [-0.3, -0.25) is 4.79 Å².